The molecule has 4 heteroatoms. The van der Waals surface area contributed by atoms with Gasteiger partial charge in [-0.1, -0.05) is 27.7 Å². The number of hydrogen-bond acceptors (Lipinski definition) is 4. The van der Waals surface area contributed by atoms with E-state index >= 15 is 0 Å². The van der Waals surface area contributed by atoms with Crippen LogP contribution in [0.25, 0.3) is 0 Å². The van der Waals surface area contributed by atoms with Crippen LogP contribution in [0.4, 0.5) is 0 Å². The van der Waals surface area contributed by atoms with Crippen molar-refractivity contribution in [2.24, 2.45) is 23.7 Å². The van der Waals surface area contributed by atoms with Gasteiger partial charge in [-0.15, -0.1) is 0 Å². The van der Waals surface area contributed by atoms with E-state index in [0.29, 0.717) is 36.2 Å². The molecule has 0 radical (unpaired) electrons. The number of esters is 2. The van der Waals surface area contributed by atoms with Crippen molar-refractivity contribution in [1.82, 2.24) is 0 Å². The van der Waals surface area contributed by atoms with Gasteiger partial charge in [0, 0.05) is 0 Å². The van der Waals surface area contributed by atoms with Gasteiger partial charge in [-0.2, -0.15) is 0 Å². The second-order valence-corrected chi connectivity index (χ2v) is 7.02. The Balaban J connectivity index is 2.12. The normalized spacial score (nSPS) is 24.1. The maximum absolute atomic E-state index is 12.3. The number of fused-ring (bicyclic) bond motifs is 2. The fourth-order valence-corrected chi connectivity index (χ4v) is 3.14. The molecule has 0 aliphatic heterocycles. The Labute approximate surface area is 126 Å². The van der Waals surface area contributed by atoms with Crippen LogP contribution >= 0.6 is 0 Å². The molecule has 2 aliphatic rings. The minimum absolute atomic E-state index is 0.191. The van der Waals surface area contributed by atoms with Crippen molar-refractivity contribution in [1.29, 1.82) is 0 Å². The molecule has 0 saturated heterocycles. The molecule has 2 atom stereocenters. The van der Waals surface area contributed by atoms with Gasteiger partial charge in [0.25, 0.3) is 0 Å². The minimum Gasteiger partial charge on any atom is -0.462 e. The van der Waals surface area contributed by atoms with E-state index in [4.69, 9.17) is 9.47 Å². The highest BCUT2D eigenvalue weighted by molar-refractivity contribution is 6.02. The largest absolute Gasteiger partial charge is 0.462 e. The molecule has 0 aromatic carbocycles. The van der Waals surface area contributed by atoms with Crippen LogP contribution in [0.2, 0.25) is 0 Å². The van der Waals surface area contributed by atoms with Crippen LogP contribution in [0.15, 0.2) is 11.1 Å². The zero-order valence-corrected chi connectivity index (χ0v) is 13.5. The summed E-state index contributed by atoms with van der Waals surface area (Å²) in [6.07, 6.45) is 2.87. The van der Waals surface area contributed by atoms with Crippen molar-refractivity contribution in [3.05, 3.63) is 11.1 Å². The first kappa shape index (κ1) is 16.1. The van der Waals surface area contributed by atoms with Gasteiger partial charge in [0.1, 0.15) is 0 Å². The van der Waals surface area contributed by atoms with Crippen molar-refractivity contribution in [2.45, 2.75) is 47.0 Å². The molecule has 1 saturated carbocycles. The van der Waals surface area contributed by atoms with Gasteiger partial charge in [0.15, 0.2) is 0 Å². The van der Waals surface area contributed by atoms with Crippen LogP contribution in [0, 0.1) is 23.7 Å². The van der Waals surface area contributed by atoms with Crippen LogP contribution in [0.5, 0.6) is 0 Å². The van der Waals surface area contributed by atoms with Crippen LogP contribution in [-0.4, -0.2) is 25.2 Å². The van der Waals surface area contributed by atoms with Gasteiger partial charge in [-0.3, -0.25) is 0 Å². The number of rotatable bonds is 6. The lowest BCUT2D eigenvalue weighted by Gasteiger charge is -2.19. The summed E-state index contributed by atoms with van der Waals surface area (Å²) in [6, 6.07) is 0. The molecule has 0 amide bonds. The lowest BCUT2D eigenvalue weighted by molar-refractivity contribution is -0.144. The van der Waals surface area contributed by atoms with Crippen LogP contribution in [0.3, 0.4) is 0 Å². The van der Waals surface area contributed by atoms with E-state index < -0.39 is 0 Å². The standard InChI is InChI=1S/C17H26O4/c1-10(2)8-20-16(18)14-12-5-6-13(7-12)15(14)17(19)21-9-11(3)4/h10-13H,5-9H2,1-4H3. The molecule has 0 spiro atoms. The summed E-state index contributed by atoms with van der Waals surface area (Å²) >= 11 is 0. The first-order valence-corrected chi connectivity index (χ1v) is 7.98. The lowest BCUT2D eigenvalue weighted by Crippen LogP contribution is -2.23. The summed E-state index contributed by atoms with van der Waals surface area (Å²) in [6.45, 7) is 8.79. The third-order valence-corrected chi connectivity index (χ3v) is 4.07. The quantitative estimate of drug-likeness (QED) is 0.706. The Kier molecular flexibility index (Phi) is 5.07. The van der Waals surface area contributed by atoms with E-state index in [2.05, 4.69) is 0 Å². The molecular formula is C17H26O4. The Bertz CT molecular complexity index is 408. The smallest absolute Gasteiger partial charge is 0.334 e. The average Bonchev–Trinajstić information content (AvgIpc) is 3.02. The highest BCUT2D eigenvalue weighted by Gasteiger charge is 2.46. The highest BCUT2D eigenvalue weighted by atomic mass is 16.5. The minimum atomic E-state index is -0.313. The molecule has 2 bridgehead atoms. The zero-order chi connectivity index (χ0) is 15.6. The number of carbonyl (C=O) groups excluding carboxylic acids is 2. The number of ether oxygens (including phenoxy) is 2. The van der Waals surface area contributed by atoms with Crippen LogP contribution < -0.4 is 0 Å². The average molecular weight is 294 g/mol. The van der Waals surface area contributed by atoms with E-state index in [1.807, 2.05) is 27.7 Å². The van der Waals surface area contributed by atoms with Gasteiger partial charge in [0.2, 0.25) is 0 Å². The third-order valence-electron chi connectivity index (χ3n) is 4.07. The molecule has 2 rings (SSSR count). The van der Waals surface area contributed by atoms with Gasteiger partial charge < -0.3 is 9.47 Å². The van der Waals surface area contributed by atoms with Crippen molar-refractivity contribution >= 4 is 11.9 Å². The molecule has 0 aromatic heterocycles. The Morgan fingerprint density at radius 1 is 0.905 bits per heavy atom. The maximum Gasteiger partial charge on any atom is 0.334 e. The topological polar surface area (TPSA) is 52.6 Å². The molecule has 0 heterocycles. The lowest BCUT2D eigenvalue weighted by atomic mass is 9.91. The van der Waals surface area contributed by atoms with E-state index in [1.165, 1.54) is 0 Å². The van der Waals surface area contributed by atoms with Gasteiger partial charge in [-0.05, 0) is 42.9 Å². The van der Waals surface area contributed by atoms with Crippen LogP contribution in [0.1, 0.15) is 47.0 Å². The SMILES string of the molecule is CC(C)COC(=O)C1=C(C(=O)OCC(C)C)C2CCC1C2. The summed E-state index contributed by atoms with van der Waals surface area (Å²) in [4.78, 5) is 24.6. The Morgan fingerprint density at radius 3 is 1.62 bits per heavy atom. The molecule has 2 unspecified atom stereocenters. The second-order valence-electron chi connectivity index (χ2n) is 7.02. The predicted octanol–water partition coefficient (Wildman–Crippen LogP) is 3.11. The molecule has 2 aliphatic carbocycles. The summed E-state index contributed by atoms with van der Waals surface area (Å²) in [5.74, 6) is 0.348. The van der Waals surface area contributed by atoms with Gasteiger partial charge in [0.05, 0.1) is 24.4 Å². The monoisotopic (exact) mass is 294 g/mol. The highest BCUT2D eigenvalue weighted by Crippen LogP contribution is 2.49. The second kappa shape index (κ2) is 6.63. The van der Waals surface area contributed by atoms with E-state index in [0.717, 1.165) is 19.3 Å². The summed E-state index contributed by atoms with van der Waals surface area (Å²) in [5.41, 5.74) is 1.20. The number of carbonyl (C=O) groups is 2. The van der Waals surface area contributed by atoms with Crippen molar-refractivity contribution in [2.75, 3.05) is 13.2 Å². The Hall–Kier alpha value is -1.32. The fourth-order valence-electron chi connectivity index (χ4n) is 3.14. The third kappa shape index (κ3) is 3.66. The molecule has 0 N–H and O–H groups in total. The zero-order valence-electron chi connectivity index (χ0n) is 13.5. The van der Waals surface area contributed by atoms with E-state index in [9.17, 15) is 9.59 Å². The van der Waals surface area contributed by atoms with Gasteiger partial charge >= 0.3 is 11.9 Å². The first-order valence-electron chi connectivity index (χ1n) is 7.98. The molecule has 0 aromatic rings. The molecule has 4 nitrogen and oxygen atoms in total. The number of hydrogen-bond donors (Lipinski definition) is 0. The van der Waals surface area contributed by atoms with E-state index in [1.54, 1.807) is 0 Å². The summed E-state index contributed by atoms with van der Waals surface area (Å²) in [5, 5.41) is 0. The van der Waals surface area contributed by atoms with E-state index in [-0.39, 0.29) is 23.8 Å². The van der Waals surface area contributed by atoms with Crippen LogP contribution in [-0.2, 0) is 19.1 Å². The maximum atomic E-state index is 12.3. The van der Waals surface area contributed by atoms with Crippen molar-refractivity contribution < 1.29 is 19.1 Å². The molecular weight excluding hydrogens is 268 g/mol. The predicted molar refractivity (Wildman–Crippen MR) is 79.5 cm³/mol. The molecule has 1 fully saturated rings. The molecule has 118 valence electrons. The first-order chi connectivity index (χ1) is 9.90. The van der Waals surface area contributed by atoms with Crippen molar-refractivity contribution in [3.63, 3.8) is 0 Å². The fraction of sp³-hybridized carbons (Fsp3) is 0.765. The Morgan fingerprint density at radius 2 is 1.29 bits per heavy atom. The molecule has 21 heavy (non-hydrogen) atoms. The summed E-state index contributed by atoms with van der Waals surface area (Å²) in [7, 11) is 0. The van der Waals surface area contributed by atoms with Crippen molar-refractivity contribution in [3.8, 4) is 0 Å². The van der Waals surface area contributed by atoms with Gasteiger partial charge in [-0.25, -0.2) is 9.59 Å². The summed E-state index contributed by atoms with van der Waals surface area (Å²) < 4.78 is 10.7.